The largest absolute Gasteiger partial charge is 0.508 e. The molecule has 3 fully saturated rings. The molecule has 366 valence electrons. The minimum absolute atomic E-state index is 0.0215. The first-order chi connectivity index (χ1) is 33.1. The van der Waals surface area contributed by atoms with Crippen molar-refractivity contribution in [2.24, 2.45) is 11.3 Å². The van der Waals surface area contributed by atoms with Crippen LogP contribution in [0.2, 0.25) is 0 Å². The zero-order chi connectivity index (χ0) is 49.1. The number of hydrazine groups is 1. The fourth-order valence-corrected chi connectivity index (χ4v) is 10.5. The lowest BCUT2D eigenvalue weighted by molar-refractivity contribution is -0.155. The van der Waals surface area contributed by atoms with Gasteiger partial charge in [0.05, 0.1) is 36.1 Å². The normalized spacial score (nSPS) is 22.5. The molecule has 2 unspecified atom stereocenters. The fraction of sp³-hybridized carbons (Fsp3) is 0.509. The topological polar surface area (TPSA) is 185 Å². The fourth-order valence-electron chi connectivity index (χ4n) is 10.5. The molecule has 3 N–H and O–H groups in total. The van der Waals surface area contributed by atoms with Crippen LogP contribution >= 0.6 is 0 Å². The van der Waals surface area contributed by atoms with Crippen molar-refractivity contribution in [2.75, 3.05) is 47.0 Å². The zero-order valence-electron chi connectivity index (χ0n) is 40.8. The maximum Gasteiger partial charge on any atom is 0.324 e. The van der Waals surface area contributed by atoms with Crippen molar-refractivity contribution in [3.63, 3.8) is 0 Å². The Kier molecular flexibility index (Phi) is 14.8. The van der Waals surface area contributed by atoms with Crippen LogP contribution in [0.4, 0.5) is 0 Å². The number of amides is 4. The van der Waals surface area contributed by atoms with Gasteiger partial charge in [0.25, 0.3) is 11.8 Å². The maximum absolute atomic E-state index is 14.9. The van der Waals surface area contributed by atoms with E-state index in [1.807, 2.05) is 25.1 Å². The summed E-state index contributed by atoms with van der Waals surface area (Å²) in [5.74, 6) is 2.37. The molecule has 6 heterocycles. The number of carbonyl (C=O) groups is 5. The molecule has 4 amide bonds. The first kappa shape index (κ1) is 49.2. The molecule has 2 aromatic carbocycles. The molecule has 16 heteroatoms. The summed E-state index contributed by atoms with van der Waals surface area (Å²) in [4.78, 5) is 78.1. The molecular weight excluding hydrogens is 879 g/mol. The predicted molar refractivity (Wildman–Crippen MR) is 259 cm³/mol. The van der Waals surface area contributed by atoms with Gasteiger partial charge in [0.2, 0.25) is 11.8 Å². The molecule has 8 rings (SSSR count). The van der Waals surface area contributed by atoms with Crippen LogP contribution in [-0.4, -0.2) is 130 Å². The summed E-state index contributed by atoms with van der Waals surface area (Å²) in [5, 5.41) is 16.8. The molecule has 0 spiro atoms. The van der Waals surface area contributed by atoms with Gasteiger partial charge in [-0.1, -0.05) is 31.9 Å². The maximum atomic E-state index is 14.9. The lowest BCUT2D eigenvalue weighted by atomic mass is 9.84. The average Bonchev–Trinajstić information content (AvgIpc) is 4.13. The van der Waals surface area contributed by atoms with E-state index in [2.05, 4.69) is 66.1 Å². The Hall–Kier alpha value is -6.28. The number of benzene rings is 2. The first-order valence-corrected chi connectivity index (χ1v) is 24.2. The van der Waals surface area contributed by atoms with Gasteiger partial charge in [-0.05, 0) is 124 Å². The number of ether oxygens (including phenoxy) is 3. The number of cyclic esters (lactones) is 1. The number of phenols is 1. The Morgan fingerprint density at radius 1 is 1.07 bits per heavy atom. The molecule has 4 aliphatic rings. The Morgan fingerprint density at radius 3 is 2.62 bits per heavy atom. The number of rotatable bonds is 9. The predicted octanol–water partition coefficient (Wildman–Crippen LogP) is 5.33. The molecule has 4 aromatic rings. The van der Waals surface area contributed by atoms with Crippen LogP contribution in [0.25, 0.3) is 33.3 Å². The molecule has 0 aliphatic carbocycles. The van der Waals surface area contributed by atoms with Gasteiger partial charge in [-0.15, -0.1) is 0 Å². The summed E-state index contributed by atoms with van der Waals surface area (Å²) >= 11 is 0. The third-order valence-corrected chi connectivity index (χ3v) is 14.1. The number of nitrogens with one attached hydrogen (secondary N) is 2. The highest BCUT2D eigenvalue weighted by Gasteiger charge is 2.43. The minimum atomic E-state index is -1.20. The summed E-state index contributed by atoms with van der Waals surface area (Å²) < 4.78 is 20.3. The molecule has 6 atom stereocenters. The lowest BCUT2D eigenvalue weighted by Gasteiger charge is -2.37. The van der Waals surface area contributed by atoms with E-state index in [0.717, 1.165) is 39.0 Å². The second kappa shape index (κ2) is 20.8. The number of carbonyl (C=O) groups excluding carboxylic acids is 5. The van der Waals surface area contributed by atoms with Gasteiger partial charge in [-0.3, -0.25) is 34.0 Å². The van der Waals surface area contributed by atoms with Crippen molar-refractivity contribution in [1.82, 2.24) is 35.1 Å². The average molecular weight is 944 g/mol. The summed E-state index contributed by atoms with van der Waals surface area (Å²) in [6, 6.07) is 12.3. The van der Waals surface area contributed by atoms with Crippen LogP contribution in [0.3, 0.4) is 0 Å². The van der Waals surface area contributed by atoms with Crippen molar-refractivity contribution in [3.05, 3.63) is 71.5 Å². The van der Waals surface area contributed by atoms with E-state index in [-0.39, 0.29) is 49.8 Å². The van der Waals surface area contributed by atoms with Gasteiger partial charge in [0.15, 0.2) is 0 Å². The number of likely N-dealkylation sites (N-methyl/N-ethyl adjacent to an activating group) is 1. The molecule has 4 aliphatic heterocycles. The van der Waals surface area contributed by atoms with E-state index in [1.165, 1.54) is 9.91 Å². The highest BCUT2D eigenvalue weighted by molar-refractivity contribution is 5.97. The number of esters is 1. The third-order valence-electron chi connectivity index (χ3n) is 14.1. The zero-order valence-corrected chi connectivity index (χ0v) is 40.8. The summed E-state index contributed by atoms with van der Waals surface area (Å²) in [7, 11) is 3.24. The number of hydrogen-bond donors (Lipinski definition) is 3. The van der Waals surface area contributed by atoms with E-state index < -0.39 is 53.3 Å². The van der Waals surface area contributed by atoms with Gasteiger partial charge in [-0.2, -0.15) is 0 Å². The number of hydrogen-bond acceptors (Lipinski definition) is 11. The van der Waals surface area contributed by atoms with Crippen LogP contribution in [0.15, 0.2) is 54.7 Å². The van der Waals surface area contributed by atoms with Crippen molar-refractivity contribution in [1.29, 1.82) is 0 Å². The van der Waals surface area contributed by atoms with Crippen LogP contribution in [0, 0.1) is 23.2 Å². The molecular formula is C53H65N7O9. The van der Waals surface area contributed by atoms with E-state index in [4.69, 9.17) is 19.2 Å². The summed E-state index contributed by atoms with van der Waals surface area (Å²) in [6.07, 6.45) is 3.89. The molecule has 69 heavy (non-hydrogen) atoms. The number of pyridine rings is 1. The van der Waals surface area contributed by atoms with Gasteiger partial charge in [-0.25, -0.2) is 5.43 Å². The number of aromatic hydroxyl groups is 1. The third kappa shape index (κ3) is 10.4. The van der Waals surface area contributed by atoms with Gasteiger partial charge in [0, 0.05) is 81.4 Å². The number of methoxy groups -OCH3 is 1. The quantitative estimate of drug-likeness (QED) is 0.146. The standard InChI is InChI=1S/C53H65N7O9/c1-8-13-45(62)58-22-19-35(30-58)50(64)57(6)48(44-16-12-23-68-44)49(63)55-42-26-33-24-36(27-37(61)25-33)34-17-18-43-39(28-34)40(47(59(43)9-2)38-14-10-20-54-46(38)32(3)67-7)29-53(4,5)31-69-52(66)41-15-11-21-60(56-41)51(42)65/h10,14,17-18,20,24-25,27-28,32,35,41-42,44,48,56,61H,9,11-12,15-16,19,21-23,26,29-31H2,1-7H3,(H,55,63)/t32-,35-,41-,42-,44?,48?/m0/s1. The SMILES string of the molecule is CC#CC(=O)N1CC[C@H](C(=O)N(C)C(C(=O)N[C@H]2Cc3cc(O)cc(c3)-c3ccc4c(c3)c(c(-c3cccnc3[C@H](C)OC)n4CC)CC(C)(C)COC(=O)[C@@H]3CCCN(N3)C2=O)C2CCCO2)C1. The van der Waals surface area contributed by atoms with Crippen LogP contribution in [-0.2, 0) is 57.6 Å². The molecule has 0 radical (unpaired) electrons. The Morgan fingerprint density at radius 2 is 1.88 bits per heavy atom. The second-order valence-corrected chi connectivity index (χ2v) is 19.6. The molecule has 2 aromatic heterocycles. The van der Waals surface area contributed by atoms with E-state index in [9.17, 15) is 29.1 Å². The van der Waals surface area contributed by atoms with Gasteiger partial charge < -0.3 is 39.0 Å². The molecule has 3 saturated heterocycles. The van der Waals surface area contributed by atoms with Gasteiger partial charge in [0.1, 0.15) is 23.9 Å². The van der Waals surface area contributed by atoms with Crippen molar-refractivity contribution in [3.8, 4) is 40.0 Å². The molecule has 0 saturated carbocycles. The molecule has 6 bridgehead atoms. The Balaban J connectivity index is 1.20. The minimum Gasteiger partial charge on any atom is -0.508 e. The van der Waals surface area contributed by atoms with Crippen molar-refractivity contribution >= 4 is 40.5 Å². The number of fused-ring (bicyclic) bond motifs is 6. The van der Waals surface area contributed by atoms with Crippen LogP contribution in [0.1, 0.15) is 89.6 Å². The van der Waals surface area contributed by atoms with Crippen LogP contribution in [0.5, 0.6) is 5.75 Å². The van der Waals surface area contributed by atoms with Crippen molar-refractivity contribution < 1.29 is 43.3 Å². The van der Waals surface area contributed by atoms with Crippen molar-refractivity contribution in [2.45, 2.75) is 116 Å². The number of aromatic nitrogens is 2. The van der Waals surface area contributed by atoms with E-state index in [0.29, 0.717) is 69.3 Å². The van der Waals surface area contributed by atoms with Gasteiger partial charge >= 0.3 is 5.97 Å². The number of likely N-dealkylation sites (tertiary alicyclic amines) is 1. The Labute approximate surface area is 404 Å². The Bertz CT molecular complexity index is 2680. The second-order valence-electron chi connectivity index (χ2n) is 19.6. The highest BCUT2D eigenvalue weighted by atomic mass is 16.5. The smallest absolute Gasteiger partial charge is 0.324 e. The van der Waals surface area contributed by atoms with E-state index in [1.54, 1.807) is 44.3 Å². The summed E-state index contributed by atoms with van der Waals surface area (Å²) in [5.41, 5.74) is 9.47. The lowest BCUT2D eigenvalue weighted by Crippen LogP contribution is -2.63. The number of aryl methyl sites for hydroxylation is 1. The number of nitrogens with zero attached hydrogens (tertiary/aromatic N) is 5. The monoisotopic (exact) mass is 943 g/mol. The summed E-state index contributed by atoms with van der Waals surface area (Å²) in [6.45, 7) is 11.8. The number of phenolic OH excluding ortho intramolecular Hbond substituents is 1. The molecule has 16 nitrogen and oxygen atoms in total. The first-order valence-electron chi connectivity index (χ1n) is 24.2. The van der Waals surface area contributed by atoms with E-state index >= 15 is 0 Å². The highest BCUT2D eigenvalue weighted by Crippen LogP contribution is 2.42. The van der Waals surface area contributed by atoms with Crippen LogP contribution < -0.4 is 10.7 Å².